The smallest absolute Gasteiger partial charge is 0.187 e. The maximum absolute atomic E-state index is 11.0. The summed E-state index contributed by atoms with van der Waals surface area (Å²) in [7, 11) is 0. The third-order valence-electron chi connectivity index (χ3n) is 10.3. The van der Waals surface area contributed by atoms with Crippen LogP contribution in [-0.2, 0) is 42.6 Å². The molecule has 5 fully saturated rings. The zero-order chi connectivity index (χ0) is 41.3. The summed E-state index contributed by atoms with van der Waals surface area (Å²) in [5.41, 5.74) is 0. The Labute approximate surface area is 316 Å². The van der Waals surface area contributed by atoms with Crippen molar-refractivity contribution in [2.45, 2.75) is 154 Å². The summed E-state index contributed by atoms with van der Waals surface area (Å²) in [5.74, 6) is 0. The Hall–Kier alpha value is -1.04. The number of ether oxygens (including phenoxy) is 9. The lowest BCUT2D eigenvalue weighted by Crippen LogP contribution is -2.67. The number of rotatable bonds is 13. The van der Waals surface area contributed by atoms with Crippen molar-refractivity contribution in [1.29, 1.82) is 0 Å². The van der Waals surface area contributed by atoms with Crippen LogP contribution in [0, 0.1) is 0 Å². The molecule has 0 aromatic carbocycles. The van der Waals surface area contributed by atoms with Crippen molar-refractivity contribution in [2.24, 2.45) is 0 Å². The van der Waals surface area contributed by atoms with E-state index in [0.29, 0.717) is 0 Å². The van der Waals surface area contributed by atoms with Gasteiger partial charge in [-0.2, -0.15) is 0 Å². The summed E-state index contributed by atoms with van der Waals surface area (Å²) in [4.78, 5) is 0. The van der Waals surface area contributed by atoms with Gasteiger partial charge >= 0.3 is 0 Å². The van der Waals surface area contributed by atoms with Gasteiger partial charge in [-0.1, -0.05) is 0 Å². The summed E-state index contributed by atoms with van der Waals surface area (Å²) in [6.07, 6.45) is -45.3. The minimum Gasteiger partial charge on any atom is -0.394 e. The average Bonchev–Trinajstić information content (AvgIpc) is 3.19. The highest BCUT2D eigenvalue weighted by molar-refractivity contribution is 4.98. The van der Waals surface area contributed by atoms with E-state index >= 15 is 0 Å². The summed E-state index contributed by atoms with van der Waals surface area (Å²) in [5, 5.41) is 175. The summed E-state index contributed by atoms with van der Waals surface area (Å²) in [6, 6.07) is 0. The van der Waals surface area contributed by atoms with E-state index in [1.807, 2.05) is 0 Å². The number of hydrogen-bond acceptors (Lipinski definition) is 26. The van der Waals surface area contributed by atoms with Crippen molar-refractivity contribution < 1.29 is 129 Å². The zero-order valence-electron chi connectivity index (χ0n) is 29.2. The monoisotopic (exact) mass is 828 g/mol. The Morgan fingerprint density at radius 3 is 1.07 bits per heavy atom. The minimum absolute atomic E-state index is 0.776. The molecule has 56 heavy (non-hydrogen) atoms. The van der Waals surface area contributed by atoms with E-state index in [4.69, 9.17) is 42.6 Å². The summed E-state index contributed by atoms with van der Waals surface area (Å²) < 4.78 is 48.9. The molecule has 0 amide bonds. The van der Waals surface area contributed by atoms with Gasteiger partial charge in [0.15, 0.2) is 31.5 Å². The van der Waals surface area contributed by atoms with Crippen molar-refractivity contribution in [1.82, 2.24) is 0 Å². The predicted molar refractivity (Wildman–Crippen MR) is 167 cm³/mol. The topological polar surface area (TPSA) is 427 Å². The van der Waals surface area contributed by atoms with E-state index in [0.717, 1.165) is 0 Å². The minimum atomic E-state index is -2.06. The van der Waals surface area contributed by atoms with E-state index in [2.05, 4.69) is 0 Å². The van der Waals surface area contributed by atoms with Crippen molar-refractivity contribution in [3.8, 4) is 0 Å². The molecule has 0 bridgehead atoms. The van der Waals surface area contributed by atoms with E-state index < -0.39 is 187 Å². The molecule has 0 unspecified atom stereocenters. The molecule has 5 aliphatic rings. The Morgan fingerprint density at radius 1 is 0.304 bits per heavy atom. The lowest BCUT2D eigenvalue weighted by Gasteiger charge is -2.48. The molecule has 5 heterocycles. The fourth-order valence-electron chi connectivity index (χ4n) is 6.93. The predicted octanol–water partition coefficient (Wildman–Crippen LogP) is -11.9. The van der Waals surface area contributed by atoms with Crippen LogP contribution >= 0.6 is 0 Å². The Bertz CT molecular complexity index is 1200. The van der Waals surface area contributed by atoms with Crippen LogP contribution in [0.3, 0.4) is 0 Å². The molecule has 328 valence electrons. The molecule has 5 rings (SSSR count). The van der Waals surface area contributed by atoms with Crippen LogP contribution in [0.2, 0.25) is 0 Å². The SMILES string of the molecule is OC[C@H]1O[C@H](O[C@H]2[C@H](O)[C@@H](O)[C@@H](O[C@H]3[C@H](O)[C@@H](O)[C@@H](OC[C@H]4O[C@H](O[C@H]5[C@H](O)[C@@H](O)[C@H](O)O[C@@H]5CO)[C@H](O)[C@@H](O)[C@@H]4O)O[C@@H]3CO)O[C@@H]2CO)[C@H](O)[C@@H](O)[C@@H]1O. The maximum Gasteiger partial charge on any atom is 0.187 e. The molecular weight excluding hydrogens is 776 g/mol. The zero-order valence-corrected chi connectivity index (χ0v) is 29.2. The van der Waals surface area contributed by atoms with Gasteiger partial charge in [0.1, 0.15) is 122 Å². The van der Waals surface area contributed by atoms with Crippen LogP contribution in [0.5, 0.6) is 0 Å². The quantitative estimate of drug-likeness (QED) is 0.0819. The maximum atomic E-state index is 11.0. The molecule has 0 radical (unpaired) electrons. The first-order valence-corrected chi connectivity index (χ1v) is 17.6. The highest BCUT2D eigenvalue weighted by Crippen LogP contribution is 2.34. The highest BCUT2D eigenvalue weighted by atomic mass is 16.8. The molecule has 25 atom stereocenters. The van der Waals surface area contributed by atoms with Gasteiger partial charge in [-0.3, -0.25) is 0 Å². The molecule has 5 saturated heterocycles. The van der Waals surface area contributed by atoms with Gasteiger partial charge in [-0.15, -0.1) is 0 Å². The third kappa shape index (κ3) is 9.31. The number of hydrogen-bond donors (Lipinski definition) is 17. The molecule has 26 heteroatoms. The van der Waals surface area contributed by atoms with Gasteiger partial charge in [0.2, 0.25) is 0 Å². The fraction of sp³-hybridized carbons (Fsp3) is 1.00. The van der Waals surface area contributed by atoms with Crippen LogP contribution in [0.25, 0.3) is 0 Å². The van der Waals surface area contributed by atoms with Crippen LogP contribution in [0.4, 0.5) is 0 Å². The lowest BCUT2D eigenvalue weighted by molar-refractivity contribution is -0.382. The average molecular weight is 829 g/mol. The first kappa shape index (κ1) is 46.0. The molecule has 0 spiro atoms. The van der Waals surface area contributed by atoms with Gasteiger partial charge in [-0.25, -0.2) is 0 Å². The largest absolute Gasteiger partial charge is 0.394 e. The van der Waals surface area contributed by atoms with Crippen LogP contribution in [0.15, 0.2) is 0 Å². The lowest BCUT2D eigenvalue weighted by atomic mass is 9.96. The first-order chi connectivity index (χ1) is 26.5. The standard InChI is InChI=1S/C30H52O26/c31-1-6-11(35)13(37)19(43)28(50-6)55-25-9(4-34)52-30(22(46)17(25)41)56-24-8(3-33)51-27(21(45)16(24)40)48-5-10-12(36)14(38)20(44)29(53-10)54-23-7(2-32)49-26(47)18(42)15(23)39/h6-47H,1-5H2/t6-,7-,8-,9-,10-,11-,12-,13+,14+,15-,16-,17-,18-,19-,20-,21-,22-,23-,24-,25-,26-,27+,28-,29-,30-/m1/s1. The second-order valence-electron chi connectivity index (χ2n) is 14.0. The number of aliphatic hydroxyl groups excluding tert-OH is 17. The van der Waals surface area contributed by atoms with Gasteiger partial charge in [0.25, 0.3) is 0 Å². The molecule has 0 aromatic heterocycles. The molecule has 5 aliphatic heterocycles. The van der Waals surface area contributed by atoms with Gasteiger partial charge in [0, 0.05) is 0 Å². The Morgan fingerprint density at radius 2 is 0.625 bits per heavy atom. The van der Waals surface area contributed by atoms with Crippen molar-refractivity contribution >= 4 is 0 Å². The highest BCUT2D eigenvalue weighted by Gasteiger charge is 2.55. The second kappa shape index (κ2) is 19.6. The molecule has 26 nitrogen and oxygen atoms in total. The molecule has 0 aromatic rings. The van der Waals surface area contributed by atoms with Gasteiger partial charge in [0.05, 0.1) is 33.0 Å². The van der Waals surface area contributed by atoms with E-state index in [1.165, 1.54) is 0 Å². The summed E-state index contributed by atoms with van der Waals surface area (Å²) in [6.45, 7) is -4.28. The Kier molecular flexibility index (Phi) is 16.1. The van der Waals surface area contributed by atoms with Crippen LogP contribution in [0.1, 0.15) is 0 Å². The van der Waals surface area contributed by atoms with Crippen molar-refractivity contribution in [2.75, 3.05) is 33.0 Å². The van der Waals surface area contributed by atoms with Crippen LogP contribution in [-0.4, -0.2) is 273 Å². The van der Waals surface area contributed by atoms with Crippen molar-refractivity contribution in [3.05, 3.63) is 0 Å². The first-order valence-electron chi connectivity index (χ1n) is 17.6. The fourth-order valence-corrected chi connectivity index (χ4v) is 6.93. The molecule has 0 aliphatic carbocycles. The van der Waals surface area contributed by atoms with E-state index in [-0.39, 0.29) is 0 Å². The Balaban J connectivity index is 1.20. The second-order valence-corrected chi connectivity index (χ2v) is 14.0. The number of aliphatic hydroxyl groups is 17. The molecule has 17 N–H and O–H groups in total. The van der Waals surface area contributed by atoms with E-state index in [9.17, 15) is 86.8 Å². The summed E-state index contributed by atoms with van der Waals surface area (Å²) >= 11 is 0. The van der Waals surface area contributed by atoms with E-state index in [1.54, 1.807) is 0 Å². The molecule has 0 saturated carbocycles. The molecular formula is C30H52O26. The van der Waals surface area contributed by atoms with Crippen LogP contribution < -0.4 is 0 Å². The van der Waals surface area contributed by atoms with Gasteiger partial charge in [-0.05, 0) is 0 Å². The normalized spacial score (nSPS) is 53.2. The third-order valence-corrected chi connectivity index (χ3v) is 10.3. The van der Waals surface area contributed by atoms with Gasteiger partial charge < -0.3 is 129 Å². The van der Waals surface area contributed by atoms with Crippen molar-refractivity contribution in [3.63, 3.8) is 0 Å².